The first kappa shape index (κ1) is 17.2. The molecule has 0 atom stereocenters. The lowest BCUT2D eigenvalue weighted by Gasteiger charge is -2.30. The van der Waals surface area contributed by atoms with E-state index in [4.69, 9.17) is 4.74 Å². The van der Waals surface area contributed by atoms with Crippen LogP contribution in [-0.2, 0) is 22.5 Å². The Hall–Kier alpha value is -2.18. The summed E-state index contributed by atoms with van der Waals surface area (Å²) in [6, 6.07) is 0. The number of halogens is 1. The van der Waals surface area contributed by atoms with Gasteiger partial charge in [0.1, 0.15) is 11.4 Å². The molecular formula is C16H22FN3O3. The minimum atomic E-state index is -0.659. The second-order valence-corrected chi connectivity index (χ2v) is 5.58. The summed E-state index contributed by atoms with van der Waals surface area (Å²) in [6.45, 7) is 2.20. The molecule has 1 amide bonds. The lowest BCUT2D eigenvalue weighted by atomic mass is 9.95. The van der Waals surface area contributed by atoms with Crippen molar-refractivity contribution in [3.8, 4) is 0 Å². The Labute approximate surface area is 135 Å². The van der Waals surface area contributed by atoms with E-state index in [0.717, 1.165) is 11.1 Å². The molecule has 0 saturated carbocycles. The number of rotatable bonds is 5. The summed E-state index contributed by atoms with van der Waals surface area (Å²) in [5.74, 6) is -0.0534. The molecule has 0 bridgehead atoms. The summed E-state index contributed by atoms with van der Waals surface area (Å²) >= 11 is 0. The van der Waals surface area contributed by atoms with Crippen LogP contribution in [0, 0.1) is 0 Å². The van der Waals surface area contributed by atoms with Crippen LogP contribution >= 0.6 is 0 Å². The molecule has 0 saturated heterocycles. The van der Waals surface area contributed by atoms with E-state index in [1.165, 1.54) is 0 Å². The second-order valence-electron chi connectivity index (χ2n) is 5.58. The Balaban J connectivity index is 2.38. The average Bonchev–Trinajstić information content (AvgIpc) is 2.53. The first-order valence-corrected chi connectivity index (χ1v) is 7.68. The van der Waals surface area contributed by atoms with Gasteiger partial charge in [-0.3, -0.25) is 9.18 Å². The normalized spacial score (nSPS) is 13.5. The Morgan fingerprint density at radius 2 is 2.17 bits per heavy atom. The van der Waals surface area contributed by atoms with Gasteiger partial charge in [0.05, 0.1) is 19.7 Å². The first-order chi connectivity index (χ1) is 11.0. The maximum Gasteiger partial charge on any atom is 0.342 e. The molecule has 0 aromatic carbocycles. The Morgan fingerprint density at radius 3 is 2.78 bits per heavy atom. The molecule has 6 nitrogen and oxygen atoms in total. The maximum absolute atomic E-state index is 12.4. The molecule has 2 heterocycles. The molecule has 0 N–H and O–H groups in total. The Kier molecular flexibility index (Phi) is 5.52. The minimum Gasteiger partial charge on any atom is -0.462 e. The van der Waals surface area contributed by atoms with E-state index in [-0.39, 0.29) is 18.9 Å². The molecule has 1 aliphatic rings. The molecule has 0 aliphatic carbocycles. The number of hydrogen-bond donors (Lipinski definition) is 0. The third-order valence-corrected chi connectivity index (χ3v) is 3.81. The predicted octanol–water partition coefficient (Wildman–Crippen LogP) is 1.57. The molecule has 1 aliphatic heterocycles. The number of nitrogens with zero attached hydrogens (tertiary/aromatic N) is 3. The summed E-state index contributed by atoms with van der Waals surface area (Å²) in [4.78, 5) is 31.9. The van der Waals surface area contributed by atoms with Crippen molar-refractivity contribution in [3.05, 3.63) is 22.9 Å². The number of esters is 1. The van der Waals surface area contributed by atoms with Crippen molar-refractivity contribution in [3.63, 3.8) is 0 Å². The quantitative estimate of drug-likeness (QED) is 0.770. The van der Waals surface area contributed by atoms with Crippen LogP contribution in [0.1, 0.15) is 34.8 Å². The fourth-order valence-corrected chi connectivity index (χ4v) is 2.74. The molecule has 0 unspecified atom stereocenters. The van der Waals surface area contributed by atoms with Gasteiger partial charge in [-0.25, -0.2) is 9.78 Å². The van der Waals surface area contributed by atoms with E-state index in [2.05, 4.69) is 4.98 Å². The van der Waals surface area contributed by atoms with Gasteiger partial charge in [-0.2, -0.15) is 0 Å². The van der Waals surface area contributed by atoms with E-state index in [9.17, 15) is 14.0 Å². The summed E-state index contributed by atoms with van der Waals surface area (Å²) in [5.41, 5.74) is 2.15. The molecule has 1 aromatic rings. The van der Waals surface area contributed by atoms with Crippen molar-refractivity contribution in [1.29, 1.82) is 0 Å². The Bertz CT molecular complexity index is 604. The Morgan fingerprint density at radius 1 is 1.43 bits per heavy atom. The van der Waals surface area contributed by atoms with E-state index in [1.807, 2.05) is 14.1 Å². The summed E-state index contributed by atoms with van der Waals surface area (Å²) in [6.07, 6.45) is 2.11. The highest BCUT2D eigenvalue weighted by Gasteiger charge is 2.28. The zero-order valence-corrected chi connectivity index (χ0v) is 13.8. The number of carbonyl (C=O) groups excluding carboxylic acids is 2. The lowest BCUT2D eigenvalue weighted by Crippen LogP contribution is -2.37. The van der Waals surface area contributed by atoms with E-state index in [1.54, 1.807) is 22.9 Å². The largest absolute Gasteiger partial charge is 0.462 e. The standard InChI is InChI=1S/C16H22FN3O3/c1-4-23-16(22)14-12-6-8-20(13(21)5-7-17)10-11(12)9-18-15(14)19(2)3/h9H,4-8,10H2,1-3H3. The number of alkyl halides is 1. The predicted molar refractivity (Wildman–Crippen MR) is 84.2 cm³/mol. The highest BCUT2D eigenvalue weighted by molar-refractivity contribution is 5.97. The number of carbonyl (C=O) groups is 2. The minimum absolute atomic E-state index is 0.108. The average molecular weight is 323 g/mol. The first-order valence-electron chi connectivity index (χ1n) is 7.68. The van der Waals surface area contributed by atoms with Gasteiger partial charge in [0.25, 0.3) is 0 Å². The number of fused-ring (bicyclic) bond motifs is 1. The summed E-state index contributed by atoms with van der Waals surface area (Å²) < 4.78 is 17.5. The molecule has 0 radical (unpaired) electrons. The maximum atomic E-state index is 12.4. The molecule has 2 rings (SSSR count). The smallest absolute Gasteiger partial charge is 0.342 e. The summed E-state index contributed by atoms with van der Waals surface area (Å²) in [5, 5.41) is 0. The van der Waals surface area contributed by atoms with Crippen molar-refractivity contribution in [2.75, 3.05) is 38.8 Å². The number of anilines is 1. The highest BCUT2D eigenvalue weighted by atomic mass is 19.1. The molecule has 1 aromatic heterocycles. The van der Waals surface area contributed by atoms with Crippen LogP contribution in [0.5, 0.6) is 0 Å². The van der Waals surface area contributed by atoms with Crippen molar-refractivity contribution in [1.82, 2.24) is 9.88 Å². The second kappa shape index (κ2) is 7.39. The van der Waals surface area contributed by atoms with Crippen molar-refractivity contribution in [2.24, 2.45) is 0 Å². The van der Waals surface area contributed by atoms with Crippen molar-refractivity contribution >= 4 is 17.7 Å². The molecule has 126 valence electrons. The van der Waals surface area contributed by atoms with Crippen LogP contribution in [-0.4, -0.2) is 55.7 Å². The van der Waals surface area contributed by atoms with Crippen LogP contribution in [0.15, 0.2) is 6.20 Å². The fraction of sp³-hybridized carbons (Fsp3) is 0.562. The van der Waals surface area contributed by atoms with E-state index >= 15 is 0 Å². The number of aromatic nitrogens is 1. The van der Waals surface area contributed by atoms with Crippen LogP contribution < -0.4 is 4.90 Å². The monoisotopic (exact) mass is 323 g/mol. The molecule has 23 heavy (non-hydrogen) atoms. The van der Waals surface area contributed by atoms with Gasteiger partial charge in [0, 0.05) is 33.4 Å². The molecule has 7 heteroatoms. The van der Waals surface area contributed by atoms with E-state index in [0.29, 0.717) is 30.9 Å². The van der Waals surface area contributed by atoms with Gasteiger partial charge in [0.15, 0.2) is 0 Å². The number of pyridine rings is 1. The third-order valence-electron chi connectivity index (χ3n) is 3.81. The van der Waals surface area contributed by atoms with Crippen LogP contribution in [0.2, 0.25) is 0 Å². The van der Waals surface area contributed by atoms with E-state index < -0.39 is 12.6 Å². The van der Waals surface area contributed by atoms with Crippen molar-refractivity contribution in [2.45, 2.75) is 26.3 Å². The van der Waals surface area contributed by atoms with Gasteiger partial charge in [-0.1, -0.05) is 0 Å². The lowest BCUT2D eigenvalue weighted by molar-refractivity contribution is -0.132. The highest BCUT2D eigenvalue weighted by Crippen LogP contribution is 2.28. The van der Waals surface area contributed by atoms with Gasteiger partial charge < -0.3 is 14.5 Å². The van der Waals surface area contributed by atoms with Crippen LogP contribution in [0.3, 0.4) is 0 Å². The SMILES string of the molecule is CCOC(=O)c1c(N(C)C)ncc2c1CCN(C(=O)CCF)C2. The zero-order chi connectivity index (χ0) is 17.0. The van der Waals surface area contributed by atoms with Gasteiger partial charge >= 0.3 is 5.97 Å². The molecule has 0 fully saturated rings. The van der Waals surface area contributed by atoms with Gasteiger partial charge in [0.2, 0.25) is 5.91 Å². The van der Waals surface area contributed by atoms with Crippen molar-refractivity contribution < 1.29 is 18.7 Å². The third kappa shape index (κ3) is 3.60. The number of ether oxygens (including phenoxy) is 1. The molecule has 0 spiro atoms. The van der Waals surface area contributed by atoms with Crippen LogP contribution in [0.25, 0.3) is 0 Å². The number of hydrogen-bond acceptors (Lipinski definition) is 5. The van der Waals surface area contributed by atoms with Gasteiger partial charge in [-0.05, 0) is 24.5 Å². The van der Waals surface area contributed by atoms with Crippen LogP contribution in [0.4, 0.5) is 10.2 Å². The zero-order valence-electron chi connectivity index (χ0n) is 13.8. The molecular weight excluding hydrogens is 301 g/mol. The summed E-state index contributed by atoms with van der Waals surface area (Å²) in [7, 11) is 3.63. The van der Waals surface area contributed by atoms with Gasteiger partial charge in [-0.15, -0.1) is 0 Å². The fourth-order valence-electron chi connectivity index (χ4n) is 2.74. The topological polar surface area (TPSA) is 62.7 Å². The number of amides is 1.